The third-order valence-electron chi connectivity index (χ3n) is 5.57. The van der Waals surface area contributed by atoms with Crippen LogP contribution in [-0.4, -0.2) is 27.3 Å². The second-order valence-electron chi connectivity index (χ2n) is 7.57. The summed E-state index contributed by atoms with van der Waals surface area (Å²) in [5.41, 5.74) is 0.117. The molecule has 34 heavy (non-hydrogen) atoms. The maximum atomic E-state index is 13.1. The largest absolute Gasteiger partial charge is 0.497 e. The van der Waals surface area contributed by atoms with Crippen molar-refractivity contribution in [1.82, 2.24) is 0 Å². The molecular formula is C25H16O8S. The van der Waals surface area contributed by atoms with Crippen LogP contribution in [0.25, 0.3) is 11.0 Å². The van der Waals surface area contributed by atoms with Crippen LogP contribution in [0.1, 0.15) is 31.8 Å². The lowest BCUT2D eigenvalue weighted by Gasteiger charge is -2.19. The lowest BCUT2D eigenvalue weighted by Crippen LogP contribution is -2.21. The maximum Gasteiger partial charge on any atom is 0.338 e. The van der Waals surface area contributed by atoms with Gasteiger partial charge in [0.05, 0.1) is 22.5 Å². The fourth-order valence-corrected chi connectivity index (χ4v) is 5.57. The number of carbonyl (C=O) groups excluding carboxylic acids is 2. The summed E-state index contributed by atoms with van der Waals surface area (Å²) < 4.78 is 41.8. The Morgan fingerprint density at radius 3 is 2.47 bits per heavy atom. The van der Waals surface area contributed by atoms with Crippen LogP contribution in [0.5, 0.6) is 5.75 Å². The van der Waals surface area contributed by atoms with Gasteiger partial charge >= 0.3 is 11.6 Å². The normalized spacial score (nSPS) is 13.7. The Bertz CT molecular complexity index is 1660. The average Bonchev–Trinajstić information content (AvgIpc) is 2.85. The van der Waals surface area contributed by atoms with E-state index in [4.69, 9.17) is 13.9 Å². The highest BCUT2D eigenvalue weighted by molar-refractivity contribution is 7.91. The third-order valence-corrected chi connectivity index (χ3v) is 7.42. The molecule has 0 saturated carbocycles. The molecule has 1 aromatic heterocycles. The molecule has 0 radical (unpaired) electrons. The van der Waals surface area contributed by atoms with Gasteiger partial charge in [-0.2, -0.15) is 0 Å². The Labute approximate surface area is 193 Å². The molecule has 0 fully saturated rings. The zero-order valence-electron chi connectivity index (χ0n) is 17.7. The number of rotatable bonds is 4. The van der Waals surface area contributed by atoms with Crippen LogP contribution in [0.2, 0.25) is 0 Å². The molecule has 0 atom stereocenters. The second-order valence-corrected chi connectivity index (χ2v) is 9.46. The third kappa shape index (κ3) is 3.46. The molecule has 1 aliphatic heterocycles. The van der Waals surface area contributed by atoms with Crippen molar-refractivity contribution in [3.05, 3.63) is 99.4 Å². The molecular weight excluding hydrogens is 460 g/mol. The highest BCUT2D eigenvalue weighted by Crippen LogP contribution is 2.35. The second kappa shape index (κ2) is 7.96. The number of carbonyl (C=O) groups is 2. The topological polar surface area (TPSA) is 117 Å². The summed E-state index contributed by atoms with van der Waals surface area (Å²) in [6.07, 6.45) is 0. The van der Waals surface area contributed by atoms with Gasteiger partial charge < -0.3 is 13.9 Å². The highest BCUT2D eigenvalue weighted by atomic mass is 32.2. The molecule has 0 N–H and O–H groups in total. The molecule has 4 aromatic rings. The molecule has 1 aliphatic rings. The van der Waals surface area contributed by atoms with Crippen molar-refractivity contribution in [2.24, 2.45) is 0 Å². The predicted molar refractivity (Wildman–Crippen MR) is 120 cm³/mol. The molecule has 3 aromatic carbocycles. The van der Waals surface area contributed by atoms with Crippen molar-refractivity contribution in [2.45, 2.75) is 16.4 Å². The summed E-state index contributed by atoms with van der Waals surface area (Å²) in [5.74, 6) is -0.742. The number of hydrogen-bond acceptors (Lipinski definition) is 8. The lowest BCUT2D eigenvalue weighted by molar-refractivity contribution is 0.0473. The summed E-state index contributed by atoms with van der Waals surface area (Å²) in [4.78, 5) is 37.1. The van der Waals surface area contributed by atoms with Crippen molar-refractivity contribution >= 4 is 32.6 Å². The molecule has 8 nitrogen and oxygen atoms in total. The van der Waals surface area contributed by atoms with E-state index in [1.54, 1.807) is 24.3 Å². The summed E-state index contributed by atoms with van der Waals surface area (Å²) in [6.45, 7) is -0.251. The first-order valence-electron chi connectivity index (χ1n) is 10.1. The van der Waals surface area contributed by atoms with Gasteiger partial charge in [0.1, 0.15) is 17.9 Å². The molecule has 5 rings (SSSR count). The minimum Gasteiger partial charge on any atom is -0.497 e. The van der Waals surface area contributed by atoms with Crippen LogP contribution in [-0.2, 0) is 21.2 Å². The van der Waals surface area contributed by atoms with E-state index < -0.39 is 27.2 Å². The van der Waals surface area contributed by atoms with Gasteiger partial charge in [-0.25, -0.2) is 18.0 Å². The van der Waals surface area contributed by atoms with Crippen LogP contribution in [0.4, 0.5) is 0 Å². The van der Waals surface area contributed by atoms with Crippen molar-refractivity contribution in [3.63, 3.8) is 0 Å². The van der Waals surface area contributed by atoms with Crippen LogP contribution in [0, 0.1) is 0 Å². The number of esters is 1. The molecule has 0 unspecified atom stereocenters. The van der Waals surface area contributed by atoms with E-state index >= 15 is 0 Å². The van der Waals surface area contributed by atoms with Crippen LogP contribution < -0.4 is 10.4 Å². The van der Waals surface area contributed by atoms with Crippen molar-refractivity contribution in [1.29, 1.82) is 0 Å². The van der Waals surface area contributed by atoms with E-state index in [0.29, 0.717) is 16.7 Å². The van der Waals surface area contributed by atoms with Gasteiger partial charge in [0.25, 0.3) is 0 Å². The smallest absolute Gasteiger partial charge is 0.338 e. The molecule has 0 saturated heterocycles. The summed E-state index contributed by atoms with van der Waals surface area (Å²) in [7, 11) is -2.51. The summed E-state index contributed by atoms with van der Waals surface area (Å²) in [5, 5.41) is 0.559. The molecule has 0 bridgehead atoms. The maximum absolute atomic E-state index is 13.1. The average molecular weight is 476 g/mol. The van der Waals surface area contributed by atoms with Gasteiger partial charge in [0.2, 0.25) is 9.84 Å². The number of ketones is 1. The van der Waals surface area contributed by atoms with Crippen molar-refractivity contribution < 1.29 is 31.9 Å². The summed E-state index contributed by atoms with van der Waals surface area (Å²) in [6, 6.07) is 15.8. The summed E-state index contributed by atoms with van der Waals surface area (Å²) >= 11 is 0. The van der Waals surface area contributed by atoms with Gasteiger partial charge in [0, 0.05) is 34.2 Å². The van der Waals surface area contributed by atoms with E-state index in [1.807, 2.05) is 0 Å². The van der Waals surface area contributed by atoms with Gasteiger partial charge in [-0.05, 0) is 42.5 Å². The molecule has 0 spiro atoms. The van der Waals surface area contributed by atoms with E-state index in [0.717, 1.165) is 6.07 Å². The predicted octanol–water partition coefficient (Wildman–Crippen LogP) is 3.54. The van der Waals surface area contributed by atoms with E-state index in [1.165, 1.54) is 43.5 Å². The van der Waals surface area contributed by atoms with E-state index in [-0.39, 0.29) is 38.7 Å². The first-order valence-corrected chi connectivity index (χ1v) is 11.6. The number of ether oxygens (including phenoxy) is 2. The standard InChI is InChI=1S/C25H16O8S/c1-31-16-7-9-17-15(11-23(26)33-20(17)12-16)13-32-25(28)14-6-8-19-22(10-14)34(29,30)21-5-3-2-4-18(21)24(19)27/h2-12H,13H2,1H3. The minimum atomic E-state index is -3.99. The molecule has 0 amide bonds. The SMILES string of the molecule is COc1ccc2c(COC(=O)c3ccc4c(c3)S(=O)(=O)c3ccccc3C4=O)cc(=O)oc2c1. The monoisotopic (exact) mass is 476 g/mol. The van der Waals surface area contributed by atoms with Crippen molar-refractivity contribution in [2.75, 3.05) is 7.11 Å². The molecule has 170 valence electrons. The lowest BCUT2D eigenvalue weighted by atomic mass is 10.0. The Morgan fingerprint density at radius 1 is 0.912 bits per heavy atom. The van der Waals surface area contributed by atoms with Crippen molar-refractivity contribution in [3.8, 4) is 5.75 Å². The van der Waals surface area contributed by atoms with E-state index in [2.05, 4.69) is 0 Å². The fourth-order valence-electron chi connectivity index (χ4n) is 3.89. The Morgan fingerprint density at radius 2 is 1.68 bits per heavy atom. The van der Waals surface area contributed by atoms with Gasteiger partial charge in [0.15, 0.2) is 5.78 Å². The zero-order valence-corrected chi connectivity index (χ0v) is 18.5. The Kier molecular flexibility index (Phi) is 5.06. The number of methoxy groups -OCH3 is 1. The number of benzene rings is 3. The number of fused-ring (bicyclic) bond motifs is 3. The minimum absolute atomic E-state index is 0.00383. The quantitative estimate of drug-likeness (QED) is 0.286. The Balaban J connectivity index is 1.46. The first-order chi connectivity index (χ1) is 16.3. The van der Waals surface area contributed by atoms with Gasteiger partial charge in [-0.3, -0.25) is 4.79 Å². The van der Waals surface area contributed by atoms with Gasteiger partial charge in [-0.1, -0.05) is 12.1 Å². The van der Waals surface area contributed by atoms with Crippen LogP contribution >= 0.6 is 0 Å². The molecule has 2 heterocycles. The van der Waals surface area contributed by atoms with Crippen LogP contribution in [0.3, 0.4) is 0 Å². The molecule has 9 heteroatoms. The Hall–Kier alpha value is -4.24. The van der Waals surface area contributed by atoms with Crippen LogP contribution in [0.15, 0.2) is 85.7 Å². The molecule has 0 aliphatic carbocycles. The van der Waals surface area contributed by atoms with E-state index in [9.17, 15) is 22.8 Å². The first kappa shape index (κ1) is 21.6. The fraction of sp³-hybridized carbons (Fsp3) is 0.0800. The number of sulfone groups is 1. The van der Waals surface area contributed by atoms with Gasteiger partial charge in [-0.15, -0.1) is 0 Å². The highest BCUT2D eigenvalue weighted by Gasteiger charge is 2.35. The zero-order chi connectivity index (χ0) is 24.0. The number of hydrogen-bond donors (Lipinski definition) is 0.